The van der Waals surface area contributed by atoms with Crippen LogP contribution in [0.5, 0.6) is 5.75 Å². The van der Waals surface area contributed by atoms with E-state index in [1.807, 2.05) is 0 Å². The highest BCUT2D eigenvalue weighted by Crippen LogP contribution is 2.37. The molecule has 0 saturated carbocycles. The van der Waals surface area contributed by atoms with Crippen molar-refractivity contribution in [3.63, 3.8) is 0 Å². The standard InChI is InChI=1S/C11H12F2N2O5/c1-3-20-7(16)4-6-5-14-8(11(12)13)9(15(17)18)10(6)19-2/h5,11H,3-4H2,1-2H3. The Hall–Kier alpha value is -2.32. The van der Waals surface area contributed by atoms with Crippen LogP contribution >= 0.6 is 0 Å². The van der Waals surface area contributed by atoms with Crippen LogP contribution in [0.3, 0.4) is 0 Å². The van der Waals surface area contributed by atoms with Crippen LogP contribution in [0, 0.1) is 10.1 Å². The predicted molar refractivity (Wildman–Crippen MR) is 62.7 cm³/mol. The number of hydrogen-bond acceptors (Lipinski definition) is 6. The van der Waals surface area contributed by atoms with Crippen molar-refractivity contribution in [3.05, 3.63) is 27.6 Å². The van der Waals surface area contributed by atoms with E-state index in [0.29, 0.717) is 0 Å². The zero-order valence-corrected chi connectivity index (χ0v) is 10.8. The number of alkyl halides is 2. The van der Waals surface area contributed by atoms with Gasteiger partial charge in [-0.1, -0.05) is 0 Å². The minimum atomic E-state index is -3.12. The topological polar surface area (TPSA) is 91.6 Å². The van der Waals surface area contributed by atoms with Gasteiger partial charge in [-0.15, -0.1) is 0 Å². The van der Waals surface area contributed by atoms with Gasteiger partial charge in [-0.3, -0.25) is 14.9 Å². The van der Waals surface area contributed by atoms with Gasteiger partial charge in [0.1, 0.15) is 0 Å². The molecule has 0 unspecified atom stereocenters. The van der Waals surface area contributed by atoms with Crippen LogP contribution in [0.25, 0.3) is 0 Å². The van der Waals surface area contributed by atoms with Gasteiger partial charge < -0.3 is 9.47 Å². The number of halogens is 2. The van der Waals surface area contributed by atoms with Crippen molar-refractivity contribution >= 4 is 11.7 Å². The molecule has 0 radical (unpaired) electrons. The molecule has 0 saturated heterocycles. The maximum absolute atomic E-state index is 12.7. The monoisotopic (exact) mass is 290 g/mol. The van der Waals surface area contributed by atoms with Gasteiger partial charge in [-0.25, -0.2) is 13.8 Å². The fourth-order valence-corrected chi connectivity index (χ4v) is 1.59. The van der Waals surface area contributed by atoms with Gasteiger partial charge in [0.2, 0.25) is 5.75 Å². The average Bonchev–Trinajstić information content (AvgIpc) is 2.37. The second kappa shape index (κ2) is 6.73. The van der Waals surface area contributed by atoms with Gasteiger partial charge in [0.05, 0.1) is 25.1 Å². The number of ether oxygens (including phenoxy) is 2. The second-order valence-corrected chi connectivity index (χ2v) is 3.59. The van der Waals surface area contributed by atoms with E-state index in [1.54, 1.807) is 6.92 Å². The number of carbonyl (C=O) groups is 1. The van der Waals surface area contributed by atoms with Crippen LogP contribution in [-0.2, 0) is 16.0 Å². The molecule has 1 rings (SSSR count). The fraction of sp³-hybridized carbons (Fsp3) is 0.455. The van der Waals surface area contributed by atoms with Crippen LogP contribution in [-0.4, -0.2) is 29.6 Å². The first-order valence-electron chi connectivity index (χ1n) is 5.56. The maximum atomic E-state index is 12.7. The lowest BCUT2D eigenvalue weighted by Gasteiger charge is -2.10. The van der Waals surface area contributed by atoms with Crippen molar-refractivity contribution in [1.29, 1.82) is 0 Å². The van der Waals surface area contributed by atoms with Crippen molar-refractivity contribution in [2.45, 2.75) is 19.8 Å². The minimum absolute atomic E-state index is 0.0158. The third kappa shape index (κ3) is 3.37. The lowest BCUT2D eigenvalue weighted by molar-refractivity contribution is -0.387. The van der Waals surface area contributed by atoms with E-state index in [0.717, 1.165) is 13.3 Å². The van der Waals surface area contributed by atoms with Gasteiger partial charge in [0.15, 0.2) is 5.69 Å². The lowest BCUT2D eigenvalue weighted by atomic mass is 10.1. The average molecular weight is 290 g/mol. The van der Waals surface area contributed by atoms with Gasteiger partial charge in [0.25, 0.3) is 6.43 Å². The quantitative estimate of drug-likeness (QED) is 0.452. The molecule has 0 spiro atoms. The molecular formula is C11H12F2N2O5. The van der Waals surface area contributed by atoms with Crippen LogP contribution in [0.15, 0.2) is 6.20 Å². The molecule has 7 nitrogen and oxygen atoms in total. The fourth-order valence-electron chi connectivity index (χ4n) is 1.59. The van der Waals surface area contributed by atoms with E-state index in [4.69, 9.17) is 4.74 Å². The largest absolute Gasteiger partial charge is 0.490 e. The molecule has 0 bridgehead atoms. The van der Waals surface area contributed by atoms with E-state index in [9.17, 15) is 23.7 Å². The molecule has 0 atom stereocenters. The highest BCUT2D eigenvalue weighted by atomic mass is 19.3. The maximum Gasteiger partial charge on any atom is 0.338 e. The molecule has 0 aliphatic carbocycles. The highest BCUT2D eigenvalue weighted by molar-refractivity contribution is 5.74. The van der Waals surface area contributed by atoms with Gasteiger partial charge >= 0.3 is 11.7 Å². The van der Waals surface area contributed by atoms with E-state index < -0.39 is 34.4 Å². The Labute approximate surface area is 112 Å². The Balaban J connectivity index is 3.30. The first-order chi connectivity index (χ1) is 9.42. The first-order valence-corrected chi connectivity index (χ1v) is 5.56. The molecule has 1 heterocycles. The zero-order valence-electron chi connectivity index (χ0n) is 10.8. The Kier molecular flexibility index (Phi) is 5.30. The molecule has 0 amide bonds. The number of hydrogen-bond donors (Lipinski definition) is 0. The molecule has 0 fully saturated rings. The molecule has 0 aromatic carbocycles. The third-order valence-corrected chi connectivity index (χ3v) is 2.34. The second-order valence-electron chi connectivity index (χ2n) is 3.59. The van der Waals surface area contributed by atoms with Crippen molar-refractivity contribution in [3.8, 4) is 5.75 Å². The van der Waals surface area contributed by atoms with E-state index in [-0.39, 0.29) is 18.6 Å². The van der Waals surface area contributed by atoms with Gasteiger partial charge in [-0.2, -0.15) is 0 Å². The zero-order chi connectivity index (χ0) is 15.3. The summed E-state index contributed by atoms with van der Waals surface area (Å²) in [6.07, 6.45) is -2.53. The minimum Gasteiger partial charge on any atom is -0.490 e. The molecule has 110 valence electrons. The Bertz CT molecular complexity index is 522. The van der Waals surface area contributed by atoms with Crippen molar-refractivity contribution < 1.29 is 28.0 Å². The van der Waals surface area contributed by atoms with Crippen LogP contribution in [0.2, 0.25) is 0 Å². The highest BCUT2D eigenvalue weighted by Gasteiger charge is 2.31. The Morgan fingerprint density at radius 3 is 2.65 bits per heavy atom. The lowest BCUT2D eigenvalue weighted by Crippen LogP contribution is -2.11. The summed E-state index contributed by atoms with van der Waals surface area (Å²) in [4.78, 5) is 24.6. The number of esters is 1. The van der Waals surface area contributed by atoms with Crippen molar-refractivity contribution in [2.75, 3.05) is 13.7 Å². The first kappa shape index (κ1) is 15.7. The third-order valence-electron chi connectivity index (χ3n) is 2.34. The molecule has 1 aromatic rings. The predicted octanol–water partition coefficient (Wildman–Crippen LogP) is 2.04. The number of pyridine rings is 1. The summed E-state index contributed by atoms with van der Waals surface area (Å²) in [5.41, 5.74) is -1.93. The normalized spacial score (nSPS) is 10.4. The molecular weight excluding hydrogens is 278 g/mol. The van der Waals surface area contributed by atoms with Gasteiger partial charge in [0, 0.05) is 11.8 Å². The van der Waals surface area contributed by atoms with E-state index >= 15 is 0 Å². The van der Waals surface area contributed by atoms with Crippen LogP contribution in [0.4, 0.5) is 14.5 Å². The van der Waals surface area contributed by atoms with E-state index in [1.165, 1.54) is 0 Å². The number of aromatic nitrogens is 1. The molecule has 0 aliphatic heterocycles. The molecule has 0 N–H and O–H groups in total. The summed E-state index contributed by atoms with van der Waals surface area (Å²) < 4.78 is 34.9. The summed E-state index contributed by atoms with van der Waals surface area (Å²) in [5.74, 6) is -1.07. The molecule has 9 heteroatoms. The van der Waals surface area contributed by atoms with Crippen molar-refractivity contribution in [2.24, 2.45) is 0 Å². The van der Waals surface area contributed by atoms with Gasteiger partial charge in [-0.05, 0) is 6.92 Å². The summed E-state index contributed by atoms with van der Waals surface area (Å²) in [7, 11) is 1.09. The number of methoxy groups -OCH3 is 1. The van der Waals surface area contributed by atoms with Crippen LogP contribution in [0.1, 0.15) is 24.6 Å². The molecule has 0 aliphatic rings. The summed E-state index contributed by atoms with van der Waals surface area (Å²) in [6.45, 7) is 1.72. The number of carbonyl (C=O) groups excluding carboxylic acids is 1. The number of rotatable bonds is 6. The summed E-state index contributed by atoms with van der Waals surface area (Å²) in [5, 5.41) is 10.9. The van der Waals surface area contributed by atoms with E-state index in [2.05, 4.69) is 9.72 Å². The molecule has 1 aromatic heterocycles. The SMILES string of the molecule is CCOC(=O)Cc1cnc(C(F)F)c([N+](=O)[O-])c1OC. The Morgan fingerprint density at radius 2 is 2.20 bits per heavy atom. The summed E-state index contributed by atoms with van der Waals surface area (Å²) in [6, 6.07) is 0. The van der Waals surface area contributed by atoms with Crippen LogP contribution < -0.4 is 4.74 Å². The summed E-state index contributed by atoms with van der Waals surface area (Å²) >= 11 is 0. The van der Waals surface area contributed by atoms with Crippen molar-refractivity contribution in [1.82, 2.24) is 4.98 Å². The number of nitrogens with zero attached hydrogens (tertiary/aromatic N) is 2. The smallest absolute Gasteiger partial charge is 0.338 e. The molecule has 20 heavy (non-hydrogen) atoms. The Morgan fingerprint density at radius 1 is 1.55 bits per heavy atom. The number of nitro groups is 1.